The van der Waals surface area contributed by atoms with Crippen molar-refractivity contribution in [2.24, 2.45) is 17.3 Å². The number of hydrogen-bond acceptors (Lipinski definition) is 1. The average Bonchev–Trinajstić information content (AvgIpc) is 2.83. The van der Waals surface area contributed by atoms with Crippen molar-refractivity contribution in [1.82, 2.24) is 4.90 Å². The van der Waals surface area contributed by atoms with Gasteiger partial charge in [0.25, 0.3) is 0 Å². The van der Waals surface area contributed by atoms with Crippen LogP contribution in [0.1, 0.15) is 52.9 Å². The summed E-state index contributed by atoms with van der Waals surface area (Å²) in [5.41, 5.74) is 0.741. The molecule has 1 nitrogen and oxygen atoms in total. The SMILES string of the molecule is CC(C)CC1(CN2CCC[C@H](C)C2)CC1. The van der Waals surface area contributed by atoms with Gasteiger partial charge in [-0.3, -0.25) is 0 Å². The molecule has 1 atom stereocenters. The van der Waals surface area contributed by atoms with Crippen LogP contribution in [0.15, 0.2) is 0 Å². The molecule has 2 rings (SSSR count). The van der Waals surface area contributed by atoms with Crippen LogP contribution in [-0.2, 0) is 0 Å². The molecular weight excluding hydrogens is 182 g/mol. The molecule has 2 aliphatic rings. The standard InChI is InChI=1S/C14H27N/c1-12(2)9-14(6-7-14)11-15-8-4-5-13(3)10-15/h12-13H,4-11H2,1-3H3/t13-/m0/s1. The molecular formula is C14H27N. The smallest absolute Gasteiger partial charge is 0.00382 e. The van der Waals surface area contributed by atoms with Gasteiger partial charge in [0.2, 0.25) is 0 Å². The summed E-state index contributed by atoms with van der Waals surface area (Å²) in [4.78, 5) is 2.74. The zero-order valence-corrected chi connectivity index (χ0v) is 10.8. The minimum atomic E-state index is 0.741. The molecule has 0 amide bonds. The topological polar surface area (TPSA) is 3.24 Å². The van der Waals surface area contributed by atoms with Crippen molar-refractivity contribution in [1.29, 1.82) is 0 Å². The Kier molecular flexibility index (Phi) is 3.39. The first kappa shape index (κ1) is 11.4. The summed E-state index contributed by atoms with van der Waals surface area (Å²) >= 11 is 0. The van der Waals surface area contributed by atoms with Crippen molar-refractivity contribution in [2.45, 2.75) is 52.9 Å². The van der Waals surface area contributed by atoms with Crippen molar-refractivity contribution in [3.05, 3.63) is 0 Å². The fraction of sp³-hybridized carbons (Fsp3) is 1.00. The predicted molar refractivity (Wildman–Crippen MR) is 66.0 cm³/mol. The van der Waals surface area contributed by atoms with E-state index < -0.39 is 0 Å². The summed E-state index contributed by atoms with van der Waals surface area (Å²) < 4.78 is 0. The minimum absolute atomic E-state index is 0.741. The Balaban J connectivity index is 1.80. The van der Waals surface area contributed by atoms with E-state index in [0.29, 0.717) is 0 Å². The van der Waals surface area contributed by atoms with E-state index in [1.165, 1.54) is 51.7 Å². The lowest BCUT2D eigenvalue weighted by Crippen LogP contribution is -2.38. The van der Waals surface area contributed by atoms with E-state index in [-0.39, 0.29) is 0 Å². The normalized spacial score (nSPS) is 30.8. The summed E-state index contributed by atoms with van der Waals surface area (Å²) in [6.07, 6.45) is 7.33. The predicted octanol–water partition coefficient (Wildman–Crippen LogP) is 3.54. The van der Waals surface area contributed by atoms with Crippen LogP contribution in [0.3, 0.4) is 0 Å². The van der Waals surface area contributed by atoms with Crippen LogP contribution in [0.25, 0.3) is 0 Å². The third-order valence-electron chi connectivity index (χ3n) is 4.10. The maximum atomic E-state index is 2.74. The fourth-order valence-corrected chi connectivity index (χ4v) is 3.37. The monoisotopic (exact) mass is 209 g/mol. The highest BCUT2D eigenvalue weighted by molar-refractivity contribution is 4.96. The van der Waals surface area contributed by atoms with Crippen LogP contribution >= 0.6 is 0 Å². The Labute approximate surface area is 95.2 Å². The second-order valence-corrected chi connectivity index (χ2v) is 6.58. The number of hydrogen-bond donors (Lipinski definition) is 0. The molecule has 0 aromatic carbocycles. The first-order chi connectivity index (χ1) is 7.10. The second-order valence-electron chi connectivity index (χ2n) is 6.58. The lowest BCUT2D eigenvalue weighted by atomic mass is 9.92. The van der Waals surface area contributed by atoms with Gasteiger partial charge in [0, 0.05) is 13.1 Å². The quantitative estimate of drug-likeness (QED) is 0.684. The van der Waals surface area contributed by atoms with E-state index in [2.05, 4.69) is 25.7 Å². The zero-order chi connectivity index (χ0) is 10.9. The van der Waals surface area contributed by atoms with E-state index in [9.17, 15) is 0 Å². The molecule has 0 N–H and O–H groups in total. The van der Waals surface area contributed by atoms with E-state index in [4.69, 9.17) is 0 Å². The summed E-state index contributed by atoms with van der Waals surface area (Å²) in [6.45, 7) is 11.3. The van der Waals surface area contributed by atoms with Gasteiger partial charge in [-0.25, -0.2) is 0 Å². The van der Waals surface area contributed by atoms with Crippen LogP contribution in [0.4, 0.5) is 0 Å². The van der Waals surface area contributed by atoms with Crippen LogP contribution in [0.5, 0.6) is 0 Å². The molecule has 0 aromatic heterocycles. The van der Waals surface area contributed by atoms with Crippen molar-refractivity contribution in [3.63, 3.8) is 0 Å². The van der Waals surface area contributed by atoms with Gasteiger partial charge in [-0.05, 0) is 55.9 Å². The van der Waals surface area contributed by atoms with Crippen LogP contribution in [0, 0.1) is 17.3 Å². The highest BCUT2D eigenvalue weighted by Gasteiger charge is 2.44. The largest absolute Gasteiger partial charge is 0.303 e. The van der Waals surface area contributed by atoms with Gasteiger partial charge >= 0.3 is 0 Å². The van der Waals surface area contributed by atoms with Gasteiger partial charge < -0.3 is 4.90 Å². The van der Waals surface area contributed by atoms with Crippen LogP contribution < -0.4 is 0 Å². The lowest BCUT2D eigenvalue weighted by Gasteiger charge is -2.34. The molecule has 0 aromatic rings. The Morgan fingerprint density at radius 1 is 1.33 bits per heavy atom. The van der Waals surface area contributed by atoms with Crippen molar-refractivity contribution >= 4 is 0 Å². The Bertz CT molecular complexity index is 205. The fourth-order valence-electron chi connectivity index (χ4n) is 3.37. The molecule has 1 aliphatic heterocycles. The zero-order valence-electron chi connectivity index (χ0n) is 10.8. The second kappa shape index (κ2) is 4.45. The van der Waals surface area contributed by atoms with Crippen LogP contribution in [-0.4, -0.2) is 24.5 Å². The molecule has 0 unspecified atom stereocenters. The van der Waals surface area contributed by atoms with Crippen molar-refractivity contribution < 1.29 is 0 Å². The summed E-state index contributed by atoms with van der Waals surface area (Å²) in [6, 6.07) is 0. The highest BCUT2D eigenvalue weighted by atomic mass is 15.1. The number of rotatable bonds is 4. The molecule has 1 saturated carbocycles. The molecule has 0 spiro atoms. The molecule has 1 saturated heterocycles. The molecule has 1 heterocycles. The van der Waals surface area contributed by atoms with E-state index in [0.717, 1.165) is 17.3 Å². The third kappa shape index (κ3) is 3.21. The van der Waals surface area contributed by atoms with Gasteiger partial charge in [-0.2, -0.15) is 0 Å². The van der Waals surface area contributed by atoms with Gasteiger partial charge in [0.15, 0.2) is 0 Å². The van der Waals surface area contributed by atoms with Crippen LogP contribution in [0.2, 0.25) is 0 Å². The molecule has 15 heavy (non-hydrogen) atoms. The van der Waals surface area contributed by atoms with Gasteiger partial charge in [0.1, 0.15) is 0 Å². The van der Waals surface area contributed by atoms with Gasteiger partial charge in [0.05, 0.1) is 0 Å². The van der Waals surface area contributed by atoms with E-state index in [1.807, 2.05) is 0 Å². The molecule has 1 aliphatic carbocycles. The molecule has 1 heteroatoms. The van der Waals surface area contributed by atoms with E-state index >= 15 is 0 Å². The summed E-state index contributed by atoms with van der Waals surface area (Å²) in [5, 5.41) is 0. The number of likely N-dealkylation sites (tertiary alicyclic amines) is 1. The number of nitrogens with zero attached hydrogens (tertiary/aromatic N) is 1. The first-order valence-electron chi connectivity index (χ1n) is 6.82. The lowest BCUT2D eigenvalue weighted by molar-refractivity contribution is 0.142. The highest BCUT2D eigenvalue weighted by Crippen LogP contribution is 2.51. The minimum Gasteiger partial charge on any atom is -0.303 e. The molecule has 0 bridgehead atoms. The molecule has 0 radical (unpaired) electrons. The van der Waals surface area contributed by atoms with E-state index in [1.54, 1.807) is 0 Å². The van der Waals surface area contributed by atoms with Crippen molar-refractivity contribution in [2.75, 3.05) is 19.6 Å². The summed E-state index contributed by atoms with van der Waals surface area (Å²) in [5.74, 6) is 1.82. The molecule has 88 valence electrons. The first-order valence-corrected chi connectivity index (χ1v) is 6.82. The Morgan fingerprint density at radius 2 is 2.07 bits per heavy atom. The Morgan fingerprint density at radius 3 is 2.60 bits per heavy atom. The average molecular weight is 209 g/mol. The Hall–Kier alpha value is -0.0400. The third-order valence-corrected chi connectivity index (χ3v) is 4.10. The summed E-state index contributed by atoms with van der Waals surface area (Å²) in [7, 11) is 0. The van der Waals surface area contributed by atoms with Crippen molar-refractivity contribution in [3.8, 4) is 0 Å². The molecule has 2 fully saturated rings. The maximum absolute atomic E-state index is 2.74. The van der Waals surface area contributed by atoms with Gasteiger partial charge in [-0.1, -0.05) is 20.8 Å². The number of piperidine rings is 1. The maximum Gasteiger partial charge on any atom is 0.00382 e. The van der Waals surface area contributed by atoms with Gasteiger partial charge in [-0.15, -0.1) is 0 Å².